The number of rotatable bonds is 8. The summed E-state index contributed by atoms with van der Waals surface area (Å²) in [6.07, 6.45) is 5.50. The number of guanidine groups is 1. The van der Waals surface area contributed by atoms with Crippen LogP contribution < -0.4 is 10.6 Å². The Bertz CT molecular complexity index is 998. The molecule has 1 saturated heterocycles. The zero-order chi connectivity index (χ0) is 21.5. The Hall–Kier alpha value is -2.06. The number of H-pyrrole nitrogens is 1. The van der Waals surface area contributed by atoms with Crippen LogP contribution in [0.15, 0.2) is 59.7 Å². The molecule has 0 bridgehead atoms. The van der Waals surface area contributed by atoms with Crippen molar-refractivity contribution in [2.24, 2.45) is 10.9 Å². The lowest BCUT2D eigenvalue weighted by molar-refractivity contribution is 0.328. The number of nitrogens with zero attached hydrogens (tertiary/aromatic N) is 2. The summed E-state index contributed by atoms with van der Waals surface area (Å²) in [6.45, 7) is 7.50. The zero-order valence-corrected chi connectivity index (χ0v) is 21.6. The summed E-state index contributed by atoms with van der Waals surface area (Å²) >= 11 is 0. The molecule has 0 spiro atoms. The number of halogens is 1. The highest BCUT2D eigenvalue weighted by molar-refractivity contribution is 14.0. The van der Waals surface area contributed by atoms with Gasteiger partial charge in [0.25, 0.3) is 0 Å². The average molecular weight is 546 g/mol. The van der Waals surface area contributed by atoms with E-state index in [0.717, 1.165) is 38.4 Å². The summed E-state index contributed by atoms with van der Waals surface area (Å²) in [5.74, 6) is 1.59. The van der Waals surface area contributed by atoms with Gasteiger partial charge in [0.1, 0.15) is 0 Å². The molecule has 1 aromatic heterocycles. The Labute approximate surface area is 209 Å². The van der Waals surface area contributed by atoms with Gasteiger partial charge in [-0.3, -0.25) is 4.99 Å². The van der Waals surface area contributed by atoms with Gasteiger partial charge in [0.2, 0.25) is 0 Å². The van der Waals surface area contributed by atoms with Gasteiger partial charge in [0, 0.05) is 50.3 Å². The largest absolute Gasteiger partial charge is 0.361 e. The fraction of sp³-hybridized carbons (Fsp3) is 0.423. The Morgan fingerprint density at radius 2 is 1.97 bits per heavy atom. The van der Waals surface area contributed by atoms with E-state index >= 15 is 0 Å². The summed E-state index contributed by atoms with van der Waals surface area (Å²) in [5.41, 5.74) is 5.28. The van der Waals surface area contributed by atoms with E-state index in [9.17, 15) is 0 Å². The van der Waals surface area contributed by atoms with Gasteiger partial charge in [-0.1, -0.05) is 42.5 Å². The van der Waals surface area contributed by atoms with E-state index in [1.807, 2.05) is 7.05 Å². The number of hydrogen-bond donors (Lipinski definition) is 3. The molecule has 1 atom stereocenters. The van der Waals surface area contributed by atoms with Crippen molar-refractivity contribution >= 4 is 40.8 Å². The molecule has 0 saturated carbocycles. The molecule has 0 amide bonds. The van der Waals surface area contributed by atoms with Gasteiger partial charge in [-0.25, -0.2) is 0 Å². The maximum absolute atomic E-state index is 4.41. The minimum atomic E-state index is 0. The Balaban J connectivity index is 0.00000289. The third kappa shape index (κ3) is 6.72. The van der Waals surface area contributed by atoms with E-state index in [2.05, 4.69) is 87.2 Å². The summed E-state index contributed by atoms with van der Waals surface area (Å²) in [6, 6.07) is 17.4. The quantitative estimate of drug-likeness (QED) is 0.224. The van der Waals surface area contributed by atoms with Gasteiger partial charge in [0.15, 0.2) is 5.96 Å². The molecule has 3 N–H and O–H groups in total. The summed E-state index contributed by atoms with van der Waals surface area (Å²) < 4.78 is 0. The SMILES string of the molecule is CN=C(NCCc1c[nH]c2cc(C)ccc12)NCC1CCN(CCc2ccccc2)C1.I. The Kier molecular flexibility index (Phi) is 9.41. The predicted octanol–water partition coefficient (Wildman–Crippen LogP) is 4.37. The van der Waals surface area contributed by atoms with Crippen LogP contribution in [0.5, 0.6) is 0 Å². The minimum Gasteiger partial charge on any atom is -0.361 e. The molecule has 1 unspecified atom stereocenters. The van der Waals surface area contributed by atoms with Gasteiger partial charge < -0.3 is 20.5 Å². The van der Waals surface area contributed by atoms with E-state index in [1.54, 1.807) is 0 Å². The molecule has 2 heterocycles. The van der Waals surface area contributed by atoms with Crippen molar-refractivity contribution in [3.05, 3.63) is 71.4 Å². The smallest absolute Gasteiger partial charge is 0.190 e. The number of fused-ring (bicyclic) bond motifs is 1. The highest BCUT2D eigenvalue weighted by atomic mass is 127. The standard InChI is InChI=1S/C26H35N5.HI/c1-20-8-9-24-23(18-29-25(24)16-20)10-13-28-26(27-2)30-17-22-12-15-31(19-22)14-11-21-6-4-3-5-7-21;/h3-9,16,18,22,29H,10-15,17,19H2,1-2H3,(H2,27,28,30);1H. The molecule has 1 fully saturated rings. The third-order valence-corrected chi connectivity index (χ3v) is 6.32. The van der Waals surface area contributed by atoms with Crippen LogP contribution in [-0.4, -0.2) is 55.6 Å². The summed E-state index contributed by atoms with van der Waals surface area (Å²) in [4.78, 5) is 10.4. The number of hydrogen-bond acceptors (Lipinski definition) is 2. The molecule has 4 rings (SSSR count). The number of nitrogens with one attached hydrogen (secondary N) is 3. The van der Waals surface area contributed by atoms with Crippen molar-refractivity contribution in [2.75, 3.05) is 39.8 Å². The summed E-state index contributed by atoms with van der Waals surface area (Å²) in [5, 5.41) is 8.33. The lowest BCUT2D eigenvalue weighted by atomic mass is 10.1. The van der Waals surface area contributed by atoms with Gasteiger partial charge in [0.05, 0.1) is 0 Å². The molecule has 1 aliphatic heterocycles. The molecule has 0 radical (unpaired) electrons. The first kappa shape index (κ1) is 24.6. The van der Waals surface area contributed by atoms with Crippen LogP contribution in [0.1, 0.15) is 23.1 Å². The van der Waals surface area contributed by atoms with Crippen LogP contribution in [0, 0.1) is 12.8 Å². The fourth-order valence-corrected chi connectivity index (χ4v) is 4.50. The number of aryl methyl sites for hydroxylation is 1. The molecular weight excluding hydrogens is 509 g/mol. The molecule has 3 aromatic rings. The van der Waals surface area contributed by atoms with Gasteiger partial charge >= 0.3 is 0 Å². The number of aromatic amines is 1. The van der Waals surface area contributed by atoms with Crippen LogP contribution in [-0.2, 0) is 12.8 Å². The number of aliphatic imine (C=N–C) groups is 1. The van der Waals surface area contributed by atoms with Gasteiger partial charge in [-0.2, -0.15) is 0 Å². The average Bonchev–Trinajstić information content (AvgIpc) is 3.42. The zero-order valence-electron chi connectivity index (χ0n) is 19.2. The van der Waals surface area contributed by atoms with Crippen LogP contribution in [0.4, 0.5) is 0 Å². The van der Waals surface area contributed by atoms with Crippen molar-refractivity contribution in [3.63, 3.8) is 0 Å². The van der Waals surface area contributed by atoms with Crippen LogP contribution >= 0.6 is 24.0 Å². The summed E-state index contributed by atoms with van der Waals surface area (Å²) in [7, 11) is 1.85. The van der Waals surface area contributed by atoms with Gasteiger partial charge in [-0.15, -0.1) is 24.0 Å². The highest BCUT2D eigenvalue weighted by Gasteiger charge is 2.22. The van der Waals surface area contributed by atoms with Crippen LogP contribution in [0.2, 0.25) is 0 Å². The van der Waals surface area contributed by atoms with E-state index in [0.29, 0.717) is 5.92 Å². The minimum absolute atomic E-state index is 0. The maximum atomic E-state index is 4.41. The molecule has 5 nitrogen and oxygen atoms in total. The van der Waals surface area contributed by atoms with Crippen molar-refractivity contribution in [1.29, 1.82) is 0 Å². The normalized spacial score (nSPS) is 16.8. The van der Waals surface area contributed by atoms with E-state index in [4.69, 9.17) is 0 Å². The topological polar surface area (TPSA) is 55.5 Å². The molecular formula is C26H36IN5. The van der Waals surface area contributed by atoms with Gasteiger partial charge in [-0.05, 0) is 61.4 Å². The number of aromatic nitrogens is 1. The van der Waals surface area contributed by atoms with Crippen molar-refractivity contribution < 1.29 is 0 Å². The maximum Gasteiger partial charge on any atom is 0.190 e. The second-order valence-corrected chi connectivity index (χ2v) is 8.68. The first-order valence-electron chi connectivity index (χ1n) is 11.5. The lowest BCUT2D eigenvalue weighted by Crippen LogP contribution is -2.41. The molecule has 2 aromatic carbocycles. The van der Waals surface area contributed by atoms with E-state index in [1.165, 1.54) is 47.1 Å². The Morgan fingerprint density at radius 3 is 2.78 bits per heavy atom. The van der Waals surface area contributed by atoms with Crippen LogP contribution in [0.25, 0.3) is 10.9 Å². The second kappa shape index (κ2) is 12.3. The fourth-order valence-electron chi connectivity index (χ4n) is 4.50. The predicted molar refractivity (Wildman–Crippen MR) is 146 cm³/mol. The number of benzene rings is 2. The molecule has 6 heteroatoms. The monoisotopic (exact) mass is 545 g/mol. The van der Waals surface area contributed by atoms with E-state index < -0.39 is 0 Å². The first-order chi connectivity index (χ1) is 15.2. The molecule has 0 aliphatic carbocycles. The molecule has 32 heavy (non-hydrogen) atoms. The lowest BCUT2D eigenvalue weighted by Gasteiger charge is -2.17. The van der Waals surface area contributed by atoms with E-state index in [-0.39, 0.29) is 24.0 Å². The van der Waals surface area contributed by atoms with Crippen molar-refractivity contribution in [2.45, 2.75) is 26.2 Å². The van der Waals surface area contributed by atoms with Crippen LogP contribution in [0.3, 0.4) is 0 Å². The highest BCUT2D eigenvalue weighted by Crippen LogP contribution is 2.19. The van der Waals surface area contributed by atoms with Crippen molar-refractivity contribution in [3.8, 4) is 0 Å². The second-order valence-electron chi connectivity index (χ2n) is 8.68. The molecule has 172 valence electrons. The number of likely N-dealkylation sites (tertiary alicyclic amines) is 1. The molecule has 1 aliphatic rings. The van der Waals surface area contributed by atoms with Crippen molar-refractivity contribution in [1.82, 2.24) is 20.5 Å². The first-order valence-corrected chi connectivity index (χ1v) is 11.5. The third-order valence-electron chi connectivity index (χ3n) is 6.32. The Morgan fingerprint density at radius 1 is 1.12 bits per heavy atom.